The fourth-order valence-corrected chi connectivity index (χ4v) is 3.73. The van der Waals surface area contributed by atoms with E-state index in [1.165, 1.54) is 11.8 Å². The number of hydrogen-bond donors (Lipinski definition) is 0. The van der Waals surface area contributed by atoms with Gasteiger partial charge in [0.05, 0.1) is 17.3 Å². The molecular weight excluding hydrogens is 416 g/mol. The number of carbonyl (C=O) groups excluding carboxylic acids is 1. The molecule has 0 fully saturated rings. The van der Waals surface area contributed by atoms with Gasteiger partial charge < -0.3 is 9.15 Å². The average molecular weight is 433 g/mol. The Morgan fingerprint density at radius 3 is 2.54 bits per heavy atom. The van der Waals surface area contributed by atoms with Crippen LogP contribution in [0.5, 0.6) is 5.75 Å². The molecule has 0 amide bonds. The predicted molar refractivity (Wildman–Crippen MR) is 105 cm³/mol. The van der Waals surface area contributed by atoms with Crippen LogP contribution in [-0.2, 0) is 0 Å². The number of halogens is 1. The summed E-state index contributed by atoms with van der Waals surface area (Å²) in [6.07, 6.45) is 0. The summed E-state index contributed by atoms with van der Waals surface area (Å²) in [6, 6.07) is 11.3. The molecule has 26 heavy (non-hydrogen) atoms. The van der Waals surface area contributed by atoms with Gasteiger partial charge in [0.15, 0.2) is 5.78 Å². The van der Waals surface area contributed by atoms with Crippen LogP contribution in [0.1, 0.15) is 21.5 Å². The number of ether oxygens (including phenoxy) is 1. The lowest BCUT2D eigenvalue weighted by Crippen LogP contribution is -2.02. The maximum atomic E-state index is 12.4. The van der Waals surface area contributed by atoms with Gasteiger partial charge in [-0.05, 0) is 60.1 Å². The van der Waals surface area contributed by atoms with Crippen LogP contribution >= 0.6 is 27.7 Å². The zero-order valence-electron chi connectivity index (χ0n) is 14.6. The third-order valence-electron chi connectivity index (χ3n) is 3.68. The minimum absolute atomic E-state index is 0.0236. The van der Waals surface area contributed by atoms with E-state index in [0.29, 0.717) is 22.4 Å². The predicted octanol–water partition coefficient (Wildman–Crippen LogP) is 5.10. The van der Waals surface area contributed by atoms with E-state index in [0.717, 1.165) is 21.2 Å². The highest BCUT2D eigenvalue weighted by molar-refractivity contribution is 9.10. The topological polar surface area (TPSA) is 65.2 Å². The maximum Gasteiger partial charge on any atom is 0.277 e. The molecule has 2 aromatic carbocycles. The van der Waals surface area contributed by atoms with E-state index < -0.39 is 0 Å². The van der Waals surface area contributed by atoms with Crippen molar-refractivity contribution in [3.63, 3.8) is 0 Å². The van der Waals surface area contributed by atoms with Gasteiger partial charge in [-0.2, -0.15) is 0 Å². The summed E-state index contributed by atoms with van der Waals surface area (Å²) < 4.78 is 11.6. The van der Waals surface area contributed by atoms with E-state index in [9.17, 15) is 4.79 Å². The molecule has 0 aliphatic heterocycles. The van der Waals surface area contributed by atoms with Crippen molar-refractivity contribution in [3.8, 4) is 17.2 Å². The second-order valence-corrected chi connectivity index (χ2v) is 7.59. The van der Waals surface area contributed by atoms with Crippen molar-refractivity contribution in [3.05, 3.63) is 57.6 Å². The van der Waals surface area contributed by atoms with Gasteiger partial charge in [0.25, 0.3) is 5.22 Å². The largest absolute Gasteiger partial charge is 0.496 e. The first-order chi connectivity index (χ1) is 12.5. The van der Waals surface area contributed by atoms with Crippen molar-refractivity contribution in [2.75, 3.05) is 12.9 Å². The van der Waals surface area contributed by atoms with Crippen LogP contribution in [0.3, 0.4) is 0 Å². The van der Waals surface area contributed by atoms with Crippen LogP contribution in [0.15, 0.2) is 50.5 Å². The van der Waals surface area contributed by atoms with Gasteiger partial charge in [0.2, 0.25) is 5.89 Å². The number of aromatic nitrogens is 2. The van der Waals surface area contributed by atoms with Crippen molar-refractivity contribution >= 4 is 33.5 Å². The lowest BCUT2D eigenvalue weighted by Gasteiger charge is -2.05. The molecule has 0 saturated heterocycles. The van der Waals surface area contributed by atoms with Crippen LogP contribution in [0, 0.1) is 13.8 Å². The van der Waals surface area contributed by atoms with Crippen LogP contribution in [0.4, 0.5) is 0 Å². The first kappa shape index (κ1) is 18.7. The first-order valence-corrected chi connectivity index (χ1v) is 9.66. The van der Waals surface area contributed by atoms with Gasteiger partial charge in [0, 0.05) is 11.1 Å². The number of thioether (sulfide) groups is 1. The Morgan fingerprint density at radius 2 is 1.88 bits per heavy atom. The molecule has 1 aromatic heterocycles. The van der Waals surface area contributed by atoms with E-state index in [1.54, 1.807) is 25.3 Å². The van der Waals surface area contributed by atoms with Gasteiger partial charge in [0.1, 0.15) is 5.75 Å². The Labute approximate surface area is 164 Å². The van der Waals surface area contributed by atoms with Crippen molar-refractivity contribution < 1.29 is 13.9 Å². The molecular formula is C19H17BrN2O3S. The molecule has 1 heterocycles. The summed E-state index contributed by atoms with van der Waals surface area (Å²) in [4.78, 5) is 12.4. The summed E-state index contributed by atoms with van der Waals surface area (Å²) in [6.45, 7) is 4.04. The Bertz CT molecular complexity index is 935. The summed E-state index contributed by atoms with van der Waals surface area (Å²) in [5.74, 6) is 1.33. The number of rotatable bonds is 6. The van der Waals surface area contributed by atoms with Crippen molar-refractivity contribution in [2.45, 2.75) is 19.1 Å². The number of carbonyl (C=O) groups is 1. The minimum Gasteiger partial charge on any atom is -0.496 e. The number of Topliss-reactive ketones (excluding diaryl/α,β-unsaturated/α-hetero) is 1. The lowest BCUT2D eigenvalue weighted by molar-refractivity contribution is 0.102. The molecule has 3 aromatic rings. The molecule has 0 N–H and O–H groups in total. The molecule has 0 atom stereocenters. The standard InChI is InChI=1S/C19H17BrN2O3S/c1-11-6-12(2)8-14(7-11)18-21-22-19(25-18)26-10-16(23)13-4-5-17(24-3)15(20)9-13/h4-9H,10H2,1-3H3. The molecule has 0 spiro atoms. The van der Waals surface area contributed by atoms with E-state index in [4.69, 9.17) is 9.15 Å². The number of hydrogen-bond acceptors (Lipinski definition) is 6. The second-order valence-electron chi connectivity index (χ2n) is 5.81. The highest BCUT2D eigenvalue weighted by Crippen LogP contribution is 2.28. The fourth-order valence-electron chi connectivity index (χ4n) is 2.53. The third kappa shape index (κ3) is 4.34. The molecule has 134 valence electrons. The SMILES string of the molecule is COc1ccc(C(=O)CSc2nnc(-c3cc(C)cc(C)c3)o2)cc1Br. The summed E-state index contributed by atoms with van der Waals surface area (Å²) in [5, 5.41) is 8.49. The van der Waals surface area contributed by atoms with E-state index in [-0.39, 0.29) is 11.5 Å². The van der Waals surface area contributed by atoms with E-state index >= 15 is 0 Å². The third-order valence-corrected chi connectivity index (χ3v) is 5.11. The van der Waals surface area contributed by atoms with Crippen molar-refractivity contribution in [2.24, 2.45) is 0 Å². The Hall–Kier alpha value is -2.12. The van der Waals surface area contributed by atoms with Crippen LogP contribution in [0.2, 0.25) is 0 Å². The van der Waals surface area contributed by atoms with Crippen molar-refractivity contribution in [1.82, 2.24) is 10.2 Å². The number of methoxy groups -OCH3 is 1. The normalized spacial score (nSPS) is 10.8. The smallest absolute Gasteiger partial charge is 0.277 e. The minimum atomic E-state index is -0.0236. The van der Waals surface area contributed by atoms with Gasteiger partial charge in [-0.3, -0.25) is 4.79 Å². The average Bonchev–Trinajstić information content (AvgIpc) is 3.08. The van der Waals surface area contributed by atoms with Gasteiger partial charge in [-0.1, -0.05) is 29.0 Å². The monoisotopic (exact) mass is 432 g/mol. The summed E-state index contributed by atoms with van der Waals surface area (Å²) >= 11 is 4.61. The van der Waals surface area contributed by atoms with Gasteiger partial charge in [-0.25, -0.2) is 0 Å². The summed E-state index contributed by atoms with van der Waals surface area (Å²) in [7, 11) is 1.58. The Balaban J connectivity index is 1.68. The molecule has 0 radical (unpaired) electrons. The Kier molecular flexibility index (Phi) is 5.78. The van der Waals surface area contributed by atoms with Gasteiger partial charge >= 0.3 is 0 Å². The van der Waals surface area contributed by atoms with Crippen LogP contribution in [0.25, 0.3) is 11.5 Å². The highest BCUT2D eigenvalue weighted by Gasteiger charge is 2.14. The van der Waals surface area contributed by atoms with Crippen LogP contribution < -0.4 is 4.74 Å². The van der Waals surface area contributed by atoms with E-state index in [1.807, 2.05) is 26.0 Å². The fraction of sp³-hybridized carbons (Fsp3) is 0.211. The molecule has 7 heteroatoms. The molecule has 0 saturated carbocycles. The zero-order valence-corrected chi connectivity index (χ0v) is 17.0. The molecule has 0 bridgehead atoms. The summed E-state index contributed by atoms with van der Waals surface area (Å²) in [5.41, 5.74) is 3.74. The highest BCUT2D eigenvalue weighted by atomic mass is 79.9. The molecule has 5 nitrogen and oxygen atoms in total. The van der Waals surface area contributed by atoms with Crippen molar-refractivity contribution in [1.29, 1.82) is 0 Å². The number of aryl methyl sites for hydroxylation is 2. The van der Waals surface area contributed by atoms with E-state index in [2.05, 4.69) is 32.2 Å². The molecule has 0 unspecified atom stereocenters. The number of ketones is 1. The molecule has 0 aliphatic carbocycles. The second kappa shape index (κ2) is 8.05. The van der Waals surface area contributed by atoms with Gasteiger partial charge in [-0.15, -0.1) is 10.2 Å². The lowest BCUT2D eigenvalue weighted by atomic mass is 10.1. The molecule has 3 rings (SSSR count). The first-order valence-electron chi connectivity index (χ1n) is 7.88. The molecule has 0 aliphatic rings. The number of nitrogens with zero attached hydrogens (tertiary/aromatic N) is 2. The quantitative estimate of drug-likeness (QED) is 0.398. The zero-order chi connectivity index (χ0) is 18.7. The number of benzene rings is 2. The van der Waals surface area contributed by atoms with Crippen LogP contribution in [-0.4, -0.2) is 28.8 Å². The Morgan fingerprint density at radius 1 is 1.15 bits per heavy atom. The maximum absolute atomic E-state index is 12.4.